The number of amides is 2. The smallest absolute Gasteiger partial charge is 0.410 e. The summed E-state index contributed by atoms with van der Waals surface area (Å²) in [6.07, 6.45) is -0.748. The monoisotopic (exact) mass is 474 g/mol. The number of nitrogens with one attached hydrogen (secondary N) is 1. The van der Waals surface area contributed by atoms with Crippen LogP contribution >= 0.6 is 0 Å². The summed E-state index contributed by atoms with van der Waals surface area (Å²) in [5.74, 6) is 0.225. The standard InChI is InChI=1S/C28H30N2O5/c1-27(2,3)35-26(32)29-28(34-19-21-14-8-11-17-24(21)33-4)22-15-9-10-16-23(22)30(25(28)31)18-20-12-6-5-7-13-20/h5-17H,18-19H2,1-4H3,(H,29,32)/t28-/m1/s1. The van der Waals surface area contributed by atoms with Crippen LogP contribution in [0.5, 0.6) is 5.75 Å². The van der Waals surface area contributed by atoms with Gasteiger partial charge in [0.15, 0.2) is 0 Å². The molecule has 35 heavy (non-hydrogen) atoms. The van der Waals surface area contributed by atoms with Crippen molar-refractivity contribution in [2.24, 2.45) is 0 Å². The van der Waals surface area contributed by atoms with E-state index in [1.807, 2.05) is 72.8 Å². The van der Waals surface area contributed by atoms with E-state index in [0.29, 0.717) is 23.5 Å². The molecule has 1 atom stereocenters. The van der Waals surface area contributed by atoms with Crippen molar-refractivity contribution in [1.82, 2.24) is 5.32 Å². The lowest BCUT2D eigenvalue weighted by Gasteiger charge is -2.31. The van der Waals surface area contributed by atoms with Crippen LogP contribution in [0.4, 0.5) is 10.5 Å². The van der Waals surface area contributed by atoms with Crippen molar-refractivity contribution in [2.45, 2.75) is 45.2 Å². The molecule has 0 spiro atoms. The molecule has 0 fully saturated rings. The fraction of sp³-hybridized carbons (Fsp3) is 0.286. The van der Waals surface area contributed by atoms with Gasteiger partial charge in [-0.05, 0) is 38.5 Å². The molecule has 0 aromatic heterocycles. The number of nitrogens with zero attached hydrogens (tertiary/aromatic N) is 1. The Hall–Kier alpha value is -3.84. The maximum atomic E-state index is 14.1. The maximum Gasteiger partial charge on any atom is 0.410 e. The minimum Gasteiger partial charge on any atom is -0.496 e. The Labute approximate surface area is 205 Å². The average molecular weight is 475 g/mol. The molecule has 2 amide bonds. The predicted octanol–water partition coefficient (Wildman–Crippen LogP) is 5.14. The number of methoxy groups -OCH3 is 1. The molecule has 0 saturated heterocycles. The zero-order chi connectivity index (χ0) is 25.1. The van der Waals surface area contributed by atoms with E-state index in [9.17, 15) is 9.59 Å². The molecule has 1 aliphatic rings. The fourth-order valence-corrected chi connectivity index (χ4v) is 4.10. The zero-order valence-electron chi connectivity index (χ0n) is 20.4. The number of fused-ring (bicyclic) bond motifs is 1. The van der Waals surface area contributed by atoms with E-state index in [0.717, 1.165) is 11.1 Å². The van der Waals surface area contributed by atoms with Gasteiger partial charge in [0.2, 0.25) is 0 Å². The normalized spacial score (nSPS) is 17.1. The number of alkyl carbamates (subject to hydrolysis) is 1. The molecule has 7 heteroatoms. The number of anilines is 1. The topological polar surface area (TPSA) is 77.1 Å². The molecule has 1 aliphatic heterocycles. The SMILES string of the molecule is COc1ccccc1CO[C@@]1(NC(=O)OC(C)(C)C)C(=O)N(Cc2ccccc2)c2ccccc21. The number of para-hydroxylation sites is 2. The molecule has 0 unspecified atom stereocenters. The van der Waals surface area contributed by atoms with Crippen LogP contribution in [0.25, 0.3) is 0 Å². The third-order valence-corrected chi connectivity index (χ3v) is 5.62. The van der Waals surface area contributed by atoms with Gasteiger partial charge in [0.1, 0.15) is 11.4 Å². The van der Waals surface area contributed by atoms with E-state index < -0.39 is 23.3 Å². The molecular formula is C28H30N2O5. The summed E-state index contributed by atoms with van der Waals surface area (Å²) in [6.45, 7) is 5.65. The van der Waals surface area contributed by atoms with Gasteiger partial charge in [-0.15, -0.1) is 0 Å². The molecule has 0 radical (unpaired) electrons. The summed E-state index contributed by atoms with van der Waals surface area (Å²) in [6, 6.07) is 24.4. The second-order valence-corrected chi connectivity index (χ2v) is 9.30. The number of ether oxygens (including phenoxy) is 3. The van der Waals surface area contributed by atoms with Crippen LogP contribution in [0.1, 0.15) is 37.5 Å². The van der Waals surface area contributed by atoms with Gasteiger partial charge >= 0.3 is 6.09 Å². The van der Waals surface area contributed by atoms with Crippen molar-refractivity contribution in [1.29, 1.82) is 0 Å². The zero-order valence-corrected chi connectivity index (χ0v) is 20.4. The van der Waals surface area contributed by atoms with E-state index in [2.05, 4.69) is 5.32 Å². The average Bonchev–Trinajstić information content (AvgIpc) is 3.05. The minimum atomic E-state index is -1.77. The second-order valence-electron chi connectivity index (χ2n) is 9.30. The number of hydrogen-bond donors (Lipinski definition) is 1. The van der Waals surface area contributed by atoms with Crippen LogP contribution in [-0.2, 0) is 33.1 Å². The first-order chi connectivity index (χ1) is 16.7. The quantitative estimate of drug-likeness (QED) is 0.480. The highest BCUT2D eigenvalue weighted by molar-refractivity contribution is 6.08. The van der Waals surface area contributed by atoms with E-state index in [-0.39, 0.29) is 6.61 Å². The van der Waals surface area contributed by atoms with Gasteiger partial charge in [-0.3, -0.25) is 10.1 Å². The van der Waals surface area contributed by atoms with Gasteiger partial charge < -0.3 is 19.1 Å². The third kappa shape index (κ3) is 5.15. The molecule has 3 aromatic carbocycles. The van der Waals surface area contributed by atoms with Crippen LogP contribution in [0.2, 0.25) is 0 Å². The first kappa shape index (κ1) is 24.3. The van der Waals surface area contributed by atoms with E-state index in [1.165, 1.54) is 0 Å². The summed E-state index contributed by atoms with van der Waals surface area (Å²) in [7, 11) is 1.57. The summed E-state index contributed by atoms with van der Waals surface area (Å²) in [5, 5.41) is 2.76. The number of hydrogen-bond acceptors (Lipinski definition) is 5. The number of carbonyl (C=O) groups excluding carboxylic acids is 2. The molecule has 1 heterocycles. The lowest BCUT2D eigenvalue weighted by Crippen LogP contribution is -2.55. The Morgan fingerprint density at radius 2 is 1.60 bits per heavy atom. The van der Waals surface area contributed by atoms with Crippen LogP contribution in [-0.4, -0.2) is 24.7 Å². The molecule has 7 nitrogen and oxygen atoms in total. The number of rotatable bonds is 7. The van der Waals surface area contributed by atoms with Crippen molar-refractivity contribution >= 4 is 17.7 Å². The molecule has 3 aromatic rings. The molecule has 0 bridgehead atoms. The molecular weight excluding hydrogens is 444 g/mol. The first-order valence-corrected chi connectivity index (χ1v) is 11.5. The van der Waals surface area contributed by atoms with E-state index >= 15 is 0 Å². The molecule has 4 rings (SSSR count). The number of carbonyl (C=O) groups is 2. The van der Waals surface area contributed by atoms with Crippen molar-refractivity contribution in [2.75, 3.05) is 12.0 Å². The predicted molar refractivity (Wildman–Crippen MR) is 133 cm³/mol. The highest BCUT2D eigenvalue weighted by atomic mass is 16.6. The first-order valence-electron chi connectivity index (χ1n) is 11.5. The summed E-state index contributed by atoms with van der Waals surface area (Å²) >= 11 is 0. The van der Waals surface area contributed by atoms with Crippen LogP contribution in [0.3, 0.4) is 0 Å². The summed E-state index contributed by atoms with van der Waals surface area (Å²) in [4.78, 5) is 28.7. The van der Waals surface area contributed by atoms with Crippen molar-refractivity contribution in [3.63, 3.8) is 0 Å². The van der Waals surface area contributed by atoms with Gasteiger partial charge in [-0.2, -0.15) is 0 Å². The number of benzene rings is 3. The van der Waals surface area contributed by atoms with Crippen molar-refractivity contribution < 1.29 is 23.8 Å². The van der Waals surface area contributed by atoms with Crippen molar-refractivity contribution in [3.05, 3.63) is 95.6 Å². The van der Waals surface area contributed by atoms with Crippen LogP contribution in [0.15, 0.2) is 78.9 Å². The maximum absolute atomic E-state index is 14.1. The fourth-order valence-electron chi connectivity index (χ4n) is 4.10. The van der Waals surface area contributed by atoms with Gasteiger partial charge in [0.05, 0.1) is 25.9 Å². The van der Waals surface area contributed by atoms with Gasteiger partial charge in [0.25, 0.3) is 11.6 Å². The summed E-state index contributed by atoms with van der Waals surface area (Å²) < 4.78 is 17.3. The van der Waals surface area contributed by atoms with Crippen LogP contribution in [0, 0.1) is 0 Å². The highest BCUT2D eigenvalue weighted by Crippen LogP contribution is 2.43. The van der Waals surface area contributed by atoms with Crippen LogP contribution < -0.4 is 15.0 Å². The Morgan fingerprint density at radius 1 is 0.943 bits per heavy atom. The Morgan fingerprint density at radius 3 is 2.31 bits per heavy atom. The minimum absolute atomic E-state index is 0.0268. The Bertz CT molecular complexity index is 1210. The summed E-state index contributed by atoms with van der Waals surface area (Å²) in [5.41, 5.74) is 0.382. The molecule has 1 N–H and O–H groups in total. The lowest BCUT2D eigenvalue weighted by molar-refractivity contribution is -0.151. The van der Waals surface area contributed by atoms with Gasteiger partial charge in [0, 0.05) is 11.1 Å². The van der Waals surface area contributed by atoms with E-state index in [4.69, 9.17) is 14.2 Å². The molecule has 0 aliphatic carbocycles. The van der Waals surface area contributed by atoms with Crippen molar-refractivity contribution in [3.8, 4) is 5.75 Å². The molecule has 182 valence electrons. The lowest BCUT2D eigenvalue weighted by atomic mass is 10.0. The Kier molecular flexibility index (Phi) is 6.80. The van der Waals surface area contributed by atoms with E-state index in [1.54, 1.807) is 38.8 Å². The largest absolute Gasteiger partial charge is 0.496 e. The molecule has 0 saturated carbocycles. The second kappa shape index (κ2) is 9.80. The highest BCUT2D eigenvalue weighted by Gasteiger charge is 2.54. The van der Waals surface area contributed by atoms with Gasteiger partial charge in [-0.1, -0.05) is 66.7 Å². The third-order valence-electron chi connectivity index (χ3n) is 5.62. The Balaban J connectivity index is 1.75. The van der Waals surface area contributed by atoms with Gasteiger partial charge in [-0.25, -0.2) is 4.79 Å².